The number of hydrogen-bond acceptors (Lipinski definition) is 5. The van der Waals surface area contributed by atoms with Crippen molar-refractivity contribution in [2.45, 2.75) is 30.2 Å². The number of aromatic carboxylic acids is 1. The van der Waals surface area contributed by atoms with E-state index in [9.17, 15) is 23.1 Å². The molecule has 11 heteroatoms. The van der Waals surface area contributed by atoms with Gasteiger partial charge in [0.2, 0.25) is 10.0 Å². The zero-order valence-electron chi connectivity index (χ0n) is 21.2. The fourth-order valence-corrected chi connectivity index (χ4v) is 6.98. The van der Waals surface area contributed by atoms with Gasteiger partial charge in [0, 0.05) is 34.7 Å². The van der Waals surface area contributed by atoms with Crippen LogP contribution in [0.5, 0.6) is 0 Å². The van der Waals surface area contributed by atoms with Gasteiger partial charge in [-0.1, -0.05) is 35.9 Å². The number of hydroxylamine groups is 1. The molecular weight excluding hydrogens is 554 g/mol. The number of halogens is 1. The Labute approximate surface area is 235 Å². The smallest absolute Gasteiger partial charge is 0.335 e. The van der Waals surface area contributed by atoms with E-state index in [-0.39, 0.29) is 17.0 Å². The van der Waals surface area contributed by atoms with Gasteiger partial charge in [-0.15, -0.1) is 0 Å². The molecule has 206 valence electrons. The number of carbonyl (C=O) groups is 2. The highest BCUT2D eigenvalue weighted by Gasteiger charge is 2.36. The number of carboxylic acid groups (broad SMARTS) is 1. The molecule has 1 amide bonds. The summed E-state index contributed by atoms with van der Waals surface area (Å²) in [5.41, 5.74) is 5.97. The number of aryl methyl sites for hydroxylation is 1. The summed E-state index contributed by atoms with van der Waals surface area (Å²) in [6, 6.07) is 15.9. The van der Waals surface area contributed by atoms with Crippen LogP contribution in [0, 0.1) is 0 Å². The molecule has 40 heavy (non-hydrogen) atoms. The van der Waals surface area contributed by atoms with Crippen LogP contribution in [-0.4, -0.2) is 46.4 Å². The van der Waals surface area contributed by atoms with Crippen molar-refractivity contribution >= 4 is 50.5 Å². The second kappa shape index (κ2) is 11.3. The molecule has 1 heterocycles. The van der Waals surface area contributed by atoms with Gasteiger partial charge in [-0.25, -0.2) is 18.7 Å². The first kappa shape index (κ1) is 27.6. The number of aromatic amines is 1. The van der Waals surface area contributed by atoms with Gasteiger partial charge in [-0.2, -0.15) is 4.31 Å². The van der Waals surface area contributed by atoms with Gasteiger partial charge < -0.3 is 10.1 Å². The molecule has 0 aliphatic heterocycles. The van der Waals surface area contributed by atoms with Crippen LogP contribution in [0.3, 0.4) is 0 Å². The molecule has 4 aromatic rings. The summed E-state index contributed by atoms with van der Waals surface area (Å²) in [7, 11) is -4.00. The molecule has 9 nitrogen and oxygen atoms in total. The molecule has 0 spiro atoms. The standard InChI is InChI=1S/C29H26ClN3O6S/c30-22-6-10-24-21(17-31-26(24)16-22)13-14-33(40(38,39)23-7-3-19(4-8-23)29(35)36)27-11-5-20-15-18(1-9-25(20)27)2-12-28(34)32-37/h1-4,6-10,12,15-17,27,31,37H,5,11,13-14H2,(H,32,34)(H,35,36)/b12-2+. The summed E-state index contributed by atoms with van der Waals surface area (Å²) < 4.78 is 29.6. The first-order valence-corrected chi connectivity index (χ1v) is 14.3. The highest BCUT2D eigenvalue weighted by molar-refractivity contribution is 7.89. The Hall–Kier alpha value is -3.96. The number of fused-ring (bicyclic) bond motifs is 2. The average Bonchev–Trinajstić information content (AvgIpc) is 3.55. The van der Waals surface area contributed by atoms with Gasteiger partial charge in [0.05, 0.1) is 16.5 Å². The monoisotopic (exact) mass is 579 g/mol. The van der Waals surface area contributed by atoms with Crippen molar-refractivity contribution in [3.8, 4) is 0 Å². The lowest BCUT2D eigenvalue weighted by Gasteiger charge is -2.29. The molecule has 0 fully saturated rings. The fraction of sp³-hybridized carbons (Fsp3) is 0.172. The molecule has 1 atom stereocenters. The summed E-state index contributed by atoms with van der Waals surface area (Å²) >= 11 is 6.12. The summed E-state index contributed by atoms with van der Waals surface area (Å²) in [4.78, 5) is 25.9. The van der Waals surface area contributed by atoms with Crippen LogP contribution < -0.4 is 5.48 Å². The summed E-state index contributed by atoms with van der Waals surface area (Å²) in [6.45, 7) is 0.195. The van der Waals surface area contributed by atoms with Crippen molar-refractivity contribution in [1.29, 1.82) is 0 Å². The number of carbonyl (C=O) groups excluding carboxylic acids is 1. The molecular formula is C29H26ClN3O6S. The molecule has 1 aliphatic carbocycles. The Morgan fingerprint density at radius 1 is 1.10 bits per heavy atom. The highest BCUT2D eigenvalue weighted by Crippen LogP contribution is 2.39. The number of carboxylic acids is 1. The number of rotatable bonds is 9. The molecule has 4 N–H and O–H groups in total. The average molecular weight is 580 g/mol. The largest absolute Gasteiger partial charge is 0.478 e. The molecule has 1 aliphatic rings. The molecule has 1 aromatic heterocycles. The lowest BCUT2D eigenvalue weighted by Crippen LogP contribution is -2.35. The second-order valence-electron chi connectivity index (χ2n) is 9.52. The van der Waals surface area contributed by atoms with E-state index in [1.807, 2.05) is 30.5 Å². The molecule has 1 unspecified atom stereocenters. The first-order valence-electron chi connectivity index (χ1n) is 12.5. The van der Waals surface area contributed by atoms with Crippen molar-refractivity contribution in [2.75, 3.05) is 6.54 Å². The zero-order chi connectivity index (χ0) is 28.4. The van der Waals surface area contributed by atoms with Crippen molar-refractivity contribution in [3.63, 3.8) is 0 Å². The first-order chi connectivity index (χ1) is 19.2. The van der Waals surface area contributed by atoms with E-state index >= 15 is 0 Å². The maximum Gasteiger partial charge on any atom is 0.335 e. The third-order valence-electron chi connectivity index (χ3n) is 7.14. The van der Waals surface area contributed by atoms with E-state index in [4.69, 9.17) is 16.8 Å². The molecule has 0 saturated carbocycles. The Morgan fingerprint density at radius 3 is 2.60 bits per heavy atom. The Kier molecular flexibility index (Phi) is 7.77. The minimum atomic E-state index is -4.00. The van der Waals surface area contributed by atoms with E-state index in [1.165, 1.54) is 34.6 Å². The Balaban J connectivity index is 1.49. The SMILES string of the molecule is O=C(/C=C/c1ccc2c(c1)CCC2N(CCc1c[nH]c2cc(Cl)ccc12)S(=O)(=O)c1ccc(C(=O)O)cc1)NO. The number of H-pyrrole nitrogens is 1. The third kappa shape index (κ3) is 5.52. The minimum Gasteiger partial charge on any atom is -0.478 e. The van der Waals surface area contributed by atoms with Gasteiger partial charge in [0.1, 0.15) is 0 Å². The number of hydrogen-bond donors (Lipinski definition) is 4. The quantitative estimate of drug-likeness (QED) is 0.126. The topological polar surface area (TPSA) is 140 Å². The number of benzene rings is 3. The van der Waals surface area contributed by atoms with Crippen LogP contribution in [0.15, 0.2) is 77.8 Å². The molecule has 0 saturated heterocycles. The third-order valence-corrected chi connectivity index (χ3v) is 9.29. The highest BCUT2D eigenvalue weighted by atomic mass is 35.5. The van der Waals surface area contributed by atoms with Crippen LogP contribution in [-0.2, 0) is 27.7 Å². The molecule has 0 bridgehead atoms. The van der Waals surface area contributed by atoms with Crippen LogP contribution in [0.1, 0.15) is 45.1 Å². The number of sulfonamides is 1. The predicted octanol–water partition coefficient (Wildman–Crippen LogP) is 4.96. The van der Waals surface area contributed by atoms with Crippen LogP contribution in [0.4, 0.5) is 0 Å². The number of amides is 1. The molecule has 3 aromatic carbocycles. The van der Waals surface area contributed by atoms with Crippen LogP contribution in [0.2, 0.25) is 5.02 Å². The van der Waals surface area contributed by atoms with Crippen LogP contribution >= 0.6 is 11.6 Å². The van der Waals surface area contributed by atoms with Gasteiger partial charge >= 0.3 is 5.97 Å². The minimum absolute atomic E-state index is 0.00429. The molecule has 5 rings (SSSR count). The summed E-state index contributed by atoms with van der Waals surface area (Å²) in [5.74, 6) is -1.78. The van der Waals surface area contributed by atoms with Crippen molar-refractivity contribution in [1.82, 2.24) is 14.8 Å². The van der Waals surface area contributed by atoms with E-state index < -0.39 is 27.9 Å². The fourth-order valence-electron chi connectivity index (χ4n) is 5.17. The van der Waals surface area contributed by atoms with Gasteiger partial charge in [0.15, 0.2) is 0 Å². The van der Waals surface area contributed by atoms with Crippen LogP contribution in [0.25, 0.3) is 17.0 Å². The van der Waals surface area contributed by atoms with E-state index in [0.717, 1.165) is 33.2 Å². The normalized spacial score (nSPS) is 15.1. The number of aromatic nitrogens is 1. The number of nitrogens with zero attached hydrogens (tertiary/aromatic N) is 1. The van der Waals surface area contributed by atoms with E-state index in [0.29, 0.717) is 24.3 Å². The van der Waals surface area contributed by atoms with Gasteiger partial charge in [-0.3, -0.25) is 10.0 Å². The summed E-state index contributed by atoms with van der Waals surface area (Å²) in [5, 5.41) is 19.5. The van der Waals surface area contributed by atoms with Crippen molar-refractivity contribution < 1.29 is 28.3 Å². The van der Waals surface area contributed by atoms with Crippen molar-refractivity contribution in [3.05, 3.63) is 106 Å². The van der Waals surface area contributed by atoms with E-state index in [2.05, 4.69) is 4.98 Å². The van der Waals surface area contributed by atoms with E-state index in [1.54, 1.807) is 23.7 Å². The predicted molar refractivity (Wildman–Crippen MR) is 151 cm³/mol. The zero-order valence-corrected chi connectivity index (χ0v) is 22.7. The Bertz CT molecular complexity index is 1730. The Morgan fingerprint density at radius 2 is 1.88 bits per heavy atom. The lowest BCUT2D eigenvalue weighted by molar-refractivity contribution is -0.124. The maximum absolute atomic E-state index is 14.0. The molecule has 0 radical (unpaired) electrons. The second-order valence-corrected chi connectivity index (χ2v) is 11.8. The van der Waals surface area contributed by atoms with Gasteiger partial charge in [0.25, 0.3) is 5.91 Å². The number of nitrogens with one attached hydrogen (secondary N) is 2. The maximum atomic E-state index is 14.0. The van der Waals surface area contributed by atoms with Crippen molar-refractivity contribution in [2.24, 2.45) is 0 Å². The van der Waals surface area contributed by atoms with Gasteiger partial charge in [-0.05, 0) is 84.0 Å². The summed E-state index contributed by atoms with van der Waals surface area (Å²) in [6.07, 6.45) is 6.29. The lowest BCUT2D eigenvalue weighted by atomic mass is 10.0.